The zero-order chi connectivity index (χ0) is 14.6. The fourth-order valence-electron chi connectivity index (χ4n) is 2.99. The number of carbonyl (C=O) groups excluding carboxylic acids is 2. The molecule has 0 N–H and O–H groups in total. The van der Waals surface area contributed by atoms with E-state index in [0.717, 1.165) is 17.9 Å². The lowest BCUT2D eigenvalue weighted by Gasteiger charge is -2.17. The lowest BCUT2D eigenvalue weighted by atomic mass is 9.87. The zero-order valence-electron chi connectivity index (χ0n) is 12.7. The Morgan fingerprint density at radius 3 is 2.37 bits per heavy atom. The highest BCUT2D eigenvalue weighted by atomic mass is 16.6. The summed E-state index contributed by atoms with van der Waals surface area (Å²) in [6.45, 7) is 10.8. The van der Waals surface area contributed by atoms with Crippen LogP contribution in [0.15, 0.2) is 11.6 Å². The summed E-state index contributed by atoms with van der Waals surface area (Å²) >= 11 is 0. The van der Waals surface area contributed by atoms with Crippen molar-refractivity contribution in [2.45, 2.75) is 53.9 Å². The van der Waals surface area contributed by atoms with Gasteiger partial charge in [-0.15, -0.1) is 0 Å². The predicted molar refractivity (Wildman–Crippen MR) is 75.4 cm³/mol. The molecule has 3 heteroatoms. The number of ether oxygens (including phenoxy) is 1. The van der Waals surface area contributed by atoms with Crippen molar-refractivity contribution in [2.24, 2.45) is 23.7 Å². The van der Waals surface area contributed by atoms with E-state index in [9.17, 15) is 9.59 Å². The summed E-state index contributed by atoms with van der Waals surface area (Å²) in [6, 6.07) is 0. The van der Waals surface area contributed by atoms with Gasteiger partial charge in [0.25, 0.3) is 0 Å². The second-order valence-electron chi connectivity index (χ2n) is 6.41. The van der Waals surface area contributed by atoms with Gasteiger partial charge in [-0.3, -0.25) is 9.59 Å². The van der Waals surface area contributed by atoms with E-state index in [2.05, 4.69) is 38.5 Å². The van der Waals surface area contributed by atoms with Crippen molar-refractivity contribution in [1.29, 1.82) is 0 Å². The molecule has 3 unspecified atom stereocenters. The second-order valence-corrected chi connectivity index (χ2v) is 6.41. The van der Waals surface area contributed by atoms with Gasteiger partial charge in [-0.1, -0.05) is 39.3 Å². The standard InChI is InChI=1S/C16H26O3/c1-10(2)6-11(3)7-12(4)8-13(5)14-9-15(17)19-16(14)18/h8,10-12,14H,6-7,9H2,1-5H3/b13-8-. The Bertz CT molecular complexity index is 368. The Morgan fingerprint density at radius 1 is 1.26 bits per heavy atom. The van der Waals surface area contributed by atoms with E-state index in [-0.39, 0.29) is 18.3 Å². The van der Waals surface area contributed by atoms with Gasteiger partial charge in [-0.2, -0.15) is 0 Å². The van der Waals surface area contributed by atoms with Crippen LogP contribution in [0.1, 0.15) is 53.9 Å². The molecule has 1 fully saturated rings. The smallest absolute Gasteiger partial charge is 0.321 e. The molecule has 0 aromatic rings. The number of allylic oxidation sites excluding steroid dienone is 1. The number of esters is 2. The largest absolute Gasteiger partial charge is 0.393 e. The number of cyclic esters (lactones) is 2. The maximum Gasteiger partial charge on any atom is 0.321 e. The highest BCUT2D eigenvalue weighted by Crippen LogP contribution is 2.27. The van der Waals surface area contributed by atoms with Crippen LogP contribution in [0.4, 0.5) is 0 Å². The third-order valence-electron chi connectivity index (χ3n) is 3.61. The maximum atomic E-state index is 11.5. The van der Waals surface area contributed by atoms with Crippen molar-refractivity contribution < 1.29 is 14.3 Å². The fourth-order valence-corrected chi connectivity index (χ4v) is 2.99. The van der Waals surface area contributed by atoms with Gasteiger partial charge in [-0.25, -0.2) is 0 Å². The zero-order valence-corrected chi connectivity index (χ0v) is 12.7. The topological polar surface area (TPSA) is 43.4 Å². The summed E-state index contributed by atoms with van der Waals surface area (Å²) in [7, 11) is 0. The van der Waals surface area contributed by atoms with Crippen molar-refractivity contribution in [3.05, 3.63) is 11.6 Å². The monoisotopic (exact) mass is 266 g/mol. The number of rotatable bonds is 6. The van der Waals surface area contributed by atoms with E-state index < -0.39 is 5.97 Å². The first-order chi connectivity index (χ1) is 8.79. The van der Waals surface area contributed by atoms with Crippen LogP contribution in [0.5, 0.6) is 0 Å². The number of hydrogen-bond acceptors (Lipinski definition) is 3. The molecular formula is C16H26O3. The van der Waals surface area contributed by atoms with Gasteiger partial charge in [0, 0.05) is 0 Å². The fraction of sp³-hybridized carbons (Fsp3) is 0.750. The molecule has 19 heavy (non-hydrogen) atoms. The van der Waals surface area contributed by atoms with Crippen molar-refractivity contribution in [3.8, 4) is 0 Å². The van der Waals surface area contributed by atoms with E-state index >= 15 is 0 Å². The summed E-state index contributed by atoms with van der Waals surface area (Å²) in [4.78, 5) is 22.6. The summed E-state index contributed by atoms with van der Waals surface area (Å²) in [5.41, 5.74) is 0.972. The molecule has 0 amide bonds. The van der Waals surface area contributed by atoms with Gasteiger partial charge >= 0.3 is 11.9 Å². The molecule has 3 atom stereocenters. The lowest BCUT2D eigenvalue weighted by Crippen LogP contribution is -2.11. The van der Waals surface area contributed by atoms with Crippen LogP contribution in [0.25, 0.3) is 0 Å². The second kappa shape index (κ2) is 6.88. The van der Waals surface area contributed by atoms with E-state index in [1.165, 1.54) is 6.42 Å². The van der Waals surface area contributed by atoms with Gasteiger partial charge in [-0.05, 0) is 37.5 Å². The summed E-state index contributed by atoms with van der Waals surface area (Å²) in [5.74, 6) is 0.684. The molecule has 3 nitrogen and oxygen atoms in total. The molecule has 0 bridgehead atoms. The Balaban J connectivity index is 2.53. The van der Waals surface area contributed by atoms with Crippen LogP contribution in [0.2, 0.25) is 0 Å². The average Bonchev–Trinajstić information content (AvgIpc) is 2.55. The molecular weight excluding hydrogens is 240 g/mol. The first-order valence-electron chi connectivity index (χ1n) is 7.22. The molecule has 1 saturated heterocycles. The average molecular weight is 266 g/mol. The minimum Gasteiger partial charge on any atom is -0.393 e. The van der Waals surface area contributed by atoms with Crippen molar-refractivity contribution in [2.75, 3.05) is 0 Å². The van der Waals surface area contributed by atoms with Crippen molar-refractivity contribution in [3.63, 3.8) is 0 Å². The van der Waals surface area contributed by atoms with Crippen LogP contribution in [-0.2, 0) is 14.3 Å². The molecule has 0 radical (unpaired) electrons. The molecule has 1 heterocycles. The molecule has 0 aliphatic carbocycles. The van der Waals surface area contributed by atoms with Crippen LogP contribution >= 0.6 is 0 Å². The SMILES string of the molecule is C/C(=C/C(C)CC(C)CC(C)C)C1CC(=O)OC1=O. The van der Waals surface area contributed by atoms with Crippen LogP contribution in [0.3, 0.4) is 0 Å². The van der Waals surface area contributed by atoms with Crippen molar-refractivity contribution >= 4 is 11.9 Å². The molecule has 0 aromatic heterocycles. The highest BCUT2D eigenvalue weighted by molar-refractivity contribution is 5.96. The van der Waals surface area contributed by atoms with Crippen LogP contribution in [0, 0.1) is 23.7 Å². The molecule has 1 aliphatic rings. The van der Waals surface area contributed by atoms with Gasteiger partial charge in [0.2, 0.25) is 0 Å². The first-order valence-corrected chi connectivity index (χ1v) is 7.22. The van der Waals surface area contributed by atoms with E-state index in [1.54, 1.807) is 0 Å². The van der Waals surface area contributed by atoms with Crippen LogP contribution in [-0.4, -0.2) is 11.9 Å². The Labute approximate surface area is 116 Å². The van der Waals surface area contributed by atoms with Gasteiger partial charge in [0.1, 0.15) is 0 Å². The predicted octanol–water partition coefficient (Wildman–Crippen LogP) is 3.73. The molecule has 0 aromatic carbocycles. The number of carbonyl (C=O) groups is 2. The normalized spacial score (nSPS) is 23.7. The van der Waals surface area contributed by atoms with E-state index in [1.807, 2.05) is 6.92 Å². The highest BCUT2D eigenvalue weighted by Gasteiger charge is 2.34. The summed E-state index contributed by atoms with van der Waals surface area (Å²) in [5, 5.41) is 0. The maximum absolute atomic E-state index is 11.5. The van der Waals surface area contributed by atoms with Gasteiger partial charge in [0.05, 0.1) is 12.3 Å². The molecule has 0 spiro atoms. The Kier molecular flexibility index (Phi) is 5.77. The van der Waals surface area contributed by atoms with Crippen LogP contribution < -0.4 is 0 Å². The molecule has 1 rings (SSSR count). The minimum atomic E-state index is -0.399. The Hall–Kier alpha value is -1.12. The van der Waals surface area contributed by atoms with Crippen molar-refractivity contribution in [1.82, 2.24) is 0 Å². The number of hydrogen-bond donors (Lipinski definition) is 0. The molecule has 108 valence electrons. The quantitative estimate of drug-likeness (QED) is 0.418. The third kappa shape index (κ3) is 5.17. The Morgan fingerprint density at radius 2 is 1.89 bits per heavy atom. The molecule has 1 aliphatic heterocycles. The third-order valence-corrected chi connectivity index (χ3v) is 3.61. The lowest BCUT2D eigenvalue weighted by molar-refractivity contribution is -0.152. The summed E-state index contributed by atoms with van der Waals surface area (Å²) in [6.07, 6.45) is 4.67. The van der Waals surface area contributed by atoms with E-state index in [4.69, 9.17) is 0 Å². The van der Waals surface area contributed by atoms with E-state index in [0.29, 0.717) is 11.8 Å². The van der Waals surface area contributed by atoms with Gasteiger partial charge in [0.15, 0.2) is 0 Å². The summed E-state index contributed by atoms with van der Waals surface area (Å²) < 4.78 is 4.59. The minimum absolute atomic E-state index is 0.204. The van der Waals surface area contributed by atoms with Gasteiger partial charge < -0.3 is 4.74 Å². The molecule has 0 saturated carbocycles. The first kappa shape index (κ1) is 15.9.